The van der Waals surface area contributed by atoms with Crippen molar-refractivity contribution < 1.29 is 14.4 Å². The highest BCUT2D eigenvalue weighted by molar-refractivity contribution is 6.36. The minimum Gasteiger partial charge on any atom is -0.326 e. The Morgan fingerprint density at radius 3 is 1.58 bits per heavy atom. The van der Waals surface area contributed by atoms with Crippen LogP contribution in [-0.4, -0.2) is 29.2 Å². The van der Waals surface area contributed by atoms with Gasteiger partial charge in [-0.25, -0.2) is 0 Å². The first kappa shape index (κ1) is 25.1. The molecular weight excluding hydrogens is 519 g/mol. The van der Waals surface area contributed by atoms with Crippen molar-refractivity contribution in [1.29, 1.82) is 0 Å². The number of carbonyl (C=O) groups excluding carboxylic acids is 3. The van der Waals surface area contributed by atoms with Crippen LogP contribution in [-0.2, 0) is 37.0 Å². The van der Waals surface area contributed by atoms with E-state index in [-0.39, 0.29) is 30.7 Å². The summed E-state index contributed by atoms with van der Waals surface area (Å²) >= 11 is 14.9. The predicted octanol–water partition coefficient (Wildman–Crippen LogP) is 5.73. The minimum absolute atomic E-state index is 0.0113. The molecule has 3 aromatic rings. The SMILES string of the molecule is CCc1cccc(CC)c1NC(=O)CCN1C(=O)[C@H]2[C@H](C1=O)C1(Cl)c3ccccc3C2(Cl)c2ccccc21. The summed E-state index contributed by atoms with van der Waals surface area (Å²) in [7, 11) is 0. The number of amides is 3. The summed E-state index contributed by atoms with van der Waals surface area (Å²) in [6.07, 6.45) is 1.56. The average Bonchev–Trinajstić information content (AvgIpc) is 3.20. The van der Waals surface area contributed by atoms with E-state index in [4.69, 9.17) is 23.2 Å². The number of imide groups is 1. The van der Waals surface area contributed by atoms with Gasteiger partial charge in [-0.15, -0.1) is 23.2 Å². The number of likely N-dealkylation sites (tertiary alicyclic amines) is 1. The first-order valence-electron chi connectivity index (χ1n) is 13.1. The van der Waals surface area contributed by atoms with E-state index in [2.05, 4.69) is 5.32 Å². The van der Waals surface area contributed by atoms with Gasteiger partial charge in [-0.3, -0.25) is 19.3 Å². The van der Waals surface area contributed by atoms with E-state index in [1.807, 2.05) is 80.6 Å². The molecule has 3 amide bonds. The number of benzene rings is 3. The Hall–Kier alpha value is -3.15. The number of nitrogens with one attached hydrogen (secondary N) is 1. The first-order valence-corrected chi connectivity index (χ1v) is 13.9. The molecule has 0 unspecified atom stereocenters. The zero-order valence-corrected chi connectivity index (χ0v) is 22.8. The average molecular weight is 547 g/mol. The van der Waals surface area contributed by atoms with Crippen molar-refractivity contribution in [2.75, 3.05) is 11.9 Å². The monoisotopic (exact) mass is 546 g/mol. The number of para-hydroxylation sites is 1. The highest BCUT2D eigenvalue weighted by atomic mass is 35.5. The Morgan fingerprint density at radius 2 is 1.18 bits per heavy atom. The molecule has 1 aliphatic heterocycles. The molecule has 38 heavy (non-hydrogen) atoms. The molecule has 4 aliphatic rings. The molecule has 0 spiro atoms. The van der Waals surface area contributed by atoms with E-state index in [1.54, 1.807) is 0 Å². The van der Waals surface area contributed by atoms with Crippen molar-refractivity contribution >= 4 is 46.6 Å². The fourth-order valence-electron chi connectivity index (χ4n) is 6.76. The summed E-state index contributed by atoms with van der Waals surface area (Å²) in [5.74, 6) is -2.70. The summed E-state index contributed by atoms with van der Waals surface area (Å²) in [6.45, 7) is 4.06. The third kappa shape index (κ3) is 3.21. The second-order valence-electron chi connectivity index (χ2n) is 10.3. The van der Waals surface area contributed by atoms with Crippen LogP contribution in [0.2, 0.25) is 0 Å². The van der Waals surface area contributed by atoms with Crippen molar-refractivity contribution in [1.82, 2.24) is 4.90 Å². The third-order valence-electron chi connectivity index (χ3n) is 8.50. The molecule has 3 aromatic carbocycles. The maximum Gasteiger partial charge on any atom is 0.235 e. The molecule has 1 N–H and O–H groups in total. The molecule has 0 saturated carbocycles. The molecule has 1 fully saturated rings. The third-order valence-corrected chi connectivity index (χ3v) is 9.79. The largest absolute Gasteiger partial charge is 0.326 e. The fourth-order valence-corrected chi connectivity index (χ4v) is 7.86. The van der Waals surface area contributed by atoms with Crippen molar-refractivity contribution in [3.8, 4) is 0 Å². The number of carbonyl (C=O) groups is 3. The van der Waals surface area contributed by atoms with Crippen molar-refractivity contribution in [2.45, 2.75) is 42.9 Å². The fraction of sp³-hybridized carbons (Fsp3) is 0.323. The summed E-state index contributed by atoms with van der Waals surface area (Å²) in [4.78, 5) is 39.6. The molecule has 1 saturated heterocycles. The summed E-state index contributed by atoms with van der Waals surface area (Å²) in [5, 5.41) is 3.03. The lowest BCUT2D eigenvalue weighted by atomic mass is 9.54. The number of hydrogen-bond acceptors (Lipinski definition) is 3. The molecule has 0 aromatic heterocycles. The predicted molar refractivity (Wildman–Crippen MR) is 148 cm³/mol. The van der Waals surface area contributed by atoms with Crippen LogP contribution in [0.1, 0.15) is 53.6 Å². The van der Waals surface area contributed by atoms with Crippen LogP contribution in [0.25, 0.3) is 0 Å². The van der Waals surface area contributed by atoms with Gasteiger partial charge in [0.05, 0.1) is 11.8 Å². The van der Waals surface area contributed by atoms with Gasteiger partial charge in [0.25, 0.3) is 0 Å². The number of anilines is 1. The molecule has 1 heterocycles. The molecular formula is C31H28Cl2N2O3. The summed E-state index contributed by atoms with van der Waals surface area (Å²) in [5.41, 5.74) is 5.98. The maximum absolute atomic E-state index is 13.9. The molecule has 2 bridgehead atoms. The van der Waals surface area contributed by atoms with E-state index >= 15 is 0 Å². The highest BCUT2D eigenvalue weighted by Crippen LogP contribution is 2.69. The number of halogens is 2. The van der Waals surface area contributed by atoms with Gasteiger partial charge in [0.2, 0.25) is 17.7 Å². The quantitative estimate of drug-likeness (QED) is 0.317. The lowest BCUT2D eigenvalue weighted by Crippen LogP contribution is -2.57. The zero-order valence-electron chi connectivity index (χ0n) is 21.3. The van der Waals surface area contributed by atoms with Gasteiger partial charge in [-0.1, -0.05) is 80.6 Å². The second-order valence-corrected chi connectivity index (χ2v) is 11.4. The zero-order chi connectivity index (χ0) is 26.8. The Balaban J connectivity index is 1.32. The van der Waals surface area contributed by atoms with Crippen LogP contribution >= 0.6 is 23.2 Å². The molecule has 5 nitrogen and oxygen atoms in total. The standard InChI is InChI=1S/C31H28Cl2N2O3/c1-3-18-10-9-11-19(4-2)27(18)34-24(36)16-17-35-28(37)25-26(29(35)38)31(33)21-13-6-5-12-20(21)30(25,32)22-14-7-8-15-23(22)31/h5-15,25-26H,3-4,16-17H2,1-2H3,(H,34,36)/t25-,26-,30?,31?/m1/s1. The number of hydrogen-bond donors (Lipinski definition) is 1. The Kier molecular flexibility index (Phi) is 5.93. The van der Waals surface area contributed by atoms with Gasteiger partial charge in [-0.2, -0.15) is 0 Å². The number of nitrogens with zero attached hydrogens (tertiary/aromatic N) is 1. The first-order chi connectivity index (χ1) is 18.3. The van der Waals surface area contributed by atoms with Crippen LogP contribution in [0.15, 0.2) is 66.7 Å². The van der Waals surface area contributed by atoms with Crippen LogP contribution in [0.5, 0.6) is 0 Å². The van der Waals surface area contributed by atoms with Gasteiger partial charge in [0.1, 0.15) is 9.75 Å². The molecule has 194 valence electrons. The minimum atomic E-state index is -1.21. The molecule has 2 atom stereocenters. The van der Waals surface area contributed by atoms with E-state index in [0.29, 0.717) is 0 Å². The summed E-state index contributed by atoms with van der Waals surface area (Å²) < 4.78 is 0. The molecule has 0 radical (unpaired) electrons. The smallest absolute Gasteiger partial charge is 0.235 e. The normalized spacial score (nSPS) is 26.7. The van der Waals surface area contributed by atoms with E-state index in [9.17, 15) is 14.4 Å². The number of aryl methyl sites for hydroxylation is 2. The molecule has 3 aliphatic carbocycles. The van der Waals surface area contributed by atoms with Gasteiger partial charge >= 0.3 is 0 Å². The Morgan fingerprint density at radius 1 is 0.763 bits per heavy atom. The van der Waals surface area contributed by atoms with Gasteiger partial charge < -0.3 is 5.32 Å². The number of rotatable bonds is 6. The van der Waals surface area contributed by atoms with E-state index in [1.165, 1.54) is 4.90 Å². The Labute approximate surface area is 232 Å². The van der Waals surface area contributed by atoms with Gasteiger partial charge in [0, 0.05) is 18.7 Å². The number of alkyl halides is 2. The Bertz CT molecular complexity index is 1360. The van der Waals surface area contributed by atoms with Crippen LogP contribution < -0.4 is 5.32 Å². The lowest BCUT2D eigenvalue weighted by Gasteiger charge is -2.54. The van der Waals surface area contributed by atoms with Crippen molar-refractivity contribution in [3.05, 3.63) is 100 Å². The lowest BCUT2D eigenvalue weighted by molar-refractivity contribution is -0.140. The molecule has 7 heteroatoms. The van der Waals surface area contributed by atoms with E-state index in [0.717, 1.165) is 51.9 Å². The van der Waals surface area contributed by atoms with E-state index < -0.39 is 21.6 Å². The molecule has 7 rings (SSSR count). The van der Waals surface area contributed by atoms with Crippen molar-refractivity contribution in [3.63, 3.8) is 0 Å². The van der Waals surface area contributed by atoms with Gasteiger partial charge in [0.15, 0.2) is 0 Å². The van der Waals surface area contributed by atoms with Crippen LogP contribution in [0.3, 0.4) is 0 Å². The van der Waals surface area contributed by atoms with Crippen molar-refractivity contribution in [2.24, 2.45) is 11.8 Å². The highest BCUT2D eigenvalue weighted by Gasteiger charge is 2.72. The van der Waals surface area contributed by atoms with Gasteiger partial charge in [-0.05, 0) is 46.2 Å². The van der Waals surface area contributed by atoms with Crippen LogP contribution in [0.4, 0.5) is 5.69 Å². The second kappa shape index (κ2) is 8.96. The topological polar surface area (TPSA) is 66.5 Å². The van der Waals surface area contributed by atoms with Crippen LogP contribution in [0, 0.1) is 11.8 Å². The summed E-state index contributed by atoms with van der Waals surface area (Å²) in [6, 6.07) is 21.1. The maximum atomic E-state index is 13.9.